The minimum atomic E-state index is -0.833. The number of rotatable bonds is 0. The molecule has 10 heavy (non-hydrogen) atoms. The average molecular weight is 280 g/mol. The van der Waals surface area contributed by atoms with Crippen LogP contribution >= 0.6 is 8.69 Å². The van der Waals surface area contributed by atoms with Gasteiger partial charge < -0.3 is 4.89 Å². The first-order chi connectivity index (χ1) is 4.81. The van der Waals surface area contributed by atoms with Crippen LogP contribution in [0.1, 0.15) is 0 Å². The van der Waals surface area contributed by atoms with Crippen molar-refractivity contribution in [3.8, 4) is 0 Å². The van der Waals surface area contributed by atoms with E-state index in [2.05, 4.69) is 24.3 Å². The number of hydrogen-bond acceptors (Lipinski definition) is 1. The van der Waals surface area contributed by atoms with E-state index in [0.29, 0.717) is 0 Å². The maximum atomic E-state index is 8.46. The van der Waals surface area contributed by atoms with Gasteiger partial charge in [0.2, 0.25) is 0 Å². The Bertz CT molecular complexity index is 178. The standard InChI is InChI=1S/C6H5.La.HO2P/c1-2-4-6-5-3-1;;1-3-2/h1-5H;;(H,1,2). The topological polar surface area (TPSA) is 37.3 Å². The van der Waals surface area contributed by atoms with Gasteiger partial charge in [-0.05, 0) is 0 Å². The van der Waals surface area contributed by atoms with Crippen LogP contribution in [0.5, 0.6) is 0 Å². The molecule has 0 unspecified atom stereocenters. The van der Waals surface area contributed by atoms with Crippen LogP contribution in [0, 0.1) is 33.7 Å². The molecule has 1 N–H and O–H groups in total. The van der Waals surface area contributed by atoms with Gasteiger partial charge in [0, 0.05) is 0 Å². The predicted octanol–water partition coefficient (Wildman–Crippen LogP) is 1.05. The third kappa shape index (κ3) is 6.59. The fraction of sp³-hybridized carbons (Fsp3) is 0. The Morgan fingerprint density at radius 2 is 1.70 bits per heavy atom. The molecule has 0 spiro atoms. The molecule has 0 amide bonds. The van der Waals surface area contributed by atoms with Crippen molar-refractivity contribution >= 4 is 10.7 Å². The van der Waals surface area contributed by atoms with E-state index in [4.69, 9.17) is 9.46 Å². The zero-order chi connectivity index (χ0) is 7.82. The van der Waals surface area contributed by atoms with Gasteiger partial charge in [-0.2, -0.15) is 0 Å². The molecule has 0 saturated heterocycles. The molecule has 0 heterocycles. The van der Waals surface area contributed by atoms with Crippen molar-refractivity contribution in [2.45, 2.75) is 0 Å². The van der Waals surface area contributed by atoms with Crippen molar-refractivity contribution in [1.29, 1.82) is 0 Å². The summed E-state index contributed by atoms with van der Waals surface area (Å²) in [7, 11) is -0.833. The van der Waals surface area contributed by atoms with E-state index >= 15 is 0 Å². The van der Waals surface area contributed by atoms with Gasteiger partial charge in [0.15, 0.2) is 0 Å². The van der Waals surface area contributed by atoms with Crippen LogP contribution in [-0.2, 0) is 4.57 Å². The Morgan fingerprint density at radius 3 is 1.90 bits per heavy atom. The Morgan fingerprint density at radius 1 is 1.30 bits per heavy atom. The molecule has 0 saturated carbocycles. The molecule has 4 heteroatoms. The van der Waals surface area contributed by atoms with Crippen molar-refractivity contribution in [2.24, 2.45) is 0 Å². The Hall–Kier alpha value is 0.475. The zero-order valence-electron chi connectivity index (χ0n) is 5.27. The second kappa shape index (κ2) is 7.58. The van der Waals surface area contributed by atoms with E-state index in [1.807, 2.05) is 6.07 Å². The van der Waals surface area contributed by atoms with Gasteiger partial charge in [-0.1, -0.05) is 0 Å². The molecule has 0 aliphatic heterocycles. The first kappa shape index (κ1) is 10.5. The zero-order valence-corrected chi connectivity index (χ0v) is 9.79. The van der Waals surface area contributed by atoms with Crippen LogP contribution in [0.3, 0.4) is 0 Å². The first-order valence-corrected chi connectivity index (χ1v) is 5.16. The van der Waals surface area contributed by atoms with Crippen LogP contribution in [0.4, 0.5) is 0 Å². The van der Waals surface area contributed by atoms with Gasteiger partial charge in [0.05, 0.1) is 0 Å². The van der Waals surface area contributed by atoms with Crippen molar-refractivity contribution in [3.05, 3.63) is 30.3 Å². The van der Waals surface area contributed by atoms with E-state index in [1.54, 1.807) is 0 Å². The molecule has 1 rings (SSSR count). The fourth-order valence-corrected chi connectivity index (χ4v) is 1.15. The summed E-state index contributed by atoms with van der Waals surface area (Å²) in [6.45, 7) is 0. The molecule has 0 aromatic heterocycles. The van der Waals surface area contributed by atoms with Crippen LogP contribution in [-0.4, -0.2) is 4.89 Å². The molecule has 0 fully saturated rings. The normalized spacial score (nSPS) is 8.00. The van der Waals surface area contributed by atoms with Crippen molar-refractivity contribution in [3.63, 3.8) is 0 Å². The molecule has 50 valence electrons. The van der Waals surface area contributed by atoms with Crippen LogP contribution in [0.15, 0.2) is 30.3 Å². The summed E-state index contributed by atoms with van der Waals surface area (Å²) in [6.07, 6.45) is 0. The molecule has 0 atom stereocenters. The van der Waals surface area contributed by atoms with E-state index < -0.39 is 8.69 Å². The quantitative estimate of drug-likeness (QED) is 0.721. The van der Waals surface area contributed by atoms with Crippen molar-refractivity contribution in [2.75, 3.05) is 0 Å². The van der Waals surface area contributed by atoms with Crippen LogP contribution in [0.2, 0.25) is 0 Å². The Balaban J connectivity index is 0.000000236. The maximum absolute atomic E-state index is 8.46. The number of benzene rings is 1. The summed E-state index contributed by atoms with van der Waals surface area (Å²) in [5.74, 6) is 0. The van der Waals surface area contributed by atoms with E-state index in [1.165, 1.54) is 1.97 Å². The number of hydrogen-bond donors (Lipinski definition) is 1. The van der Waals surface area contributed by atoms with Gasteiger partial charge >= 0.3 is 74.7 Å². The average Bonchev–Trinajstić information content (AvgIpc) is 1.91. The molecule has 0 bridgehead atoms. The first-order valence-electron chi connectivity index (χ1n) is 2.58. The Kier molecular flexibility index (Phi) is 7.94. The summed E-state index contributed by atoms with van der Waals surface area (Å²) in [5, 5.41) is 0. The monoisotopic (exact) mass is 280 g/mol. The summed E-state index contributed by atoms with van der Waals surface area (Å²) >= 11 is 0.992. The van der Waals surface area contributed by atoms with Gasteiger partial charge in [-0.3, -0.25) is 0 Å². The third-order valence-corrected chi connectivity index (χ3v) is 2.01. The fourth-order valence-electron chi connectivity index (χ4n) is 0.453. The van der Waals surface area contributed by atoms with E-state index in [-0.39, 0.29) is 0 Å². The van der Waals surface area contributed by atoms with Crippen molar-refractivity contribution < 1.29 is 43.2 Å². The van der Waals surface area contributed by atoms with Gasteiger partial charge in [0.1, 0.15) is 0 Å². The van der Waals surface area contributed by atoms with Crippen LogP contribution < -0.4 is 1.97 Å². The molecule has 0 radical (unpaired) electrons. The summed E-state index contributed by atoms with van der Waals surface area (Å²) in [6, 6.07) is 10.5. The third-order valence-electron chi connectivity index (χ3n) is 0.800. The molecule has 2 nitrogen and oxygen atoms in total. The second-order valence-corrected chi connectivity index (χ2v) is 3.75. The predicted molar refractivity (Wildman–Crippen MR) is 35.9 cm³/mol. The molecular formula is C6H6LaO2P. The van der Waals surface area contributed by atoms with Crippen LogP contribution in [0.25, 0.3) is 0 Å². The molecule has 0 aliphatic rings. The molecular weight excluding hydrogens is 274 g/mol. The summed E-state index contributed by atoms with van der Waals surface area (Å²) in [4.78, 5) is 6.99. The van der Waals surface area contributed by atoms with Gasteiger partial charge in [0.25, 0.3) is 0 Å². The van der Waals surface area contributed by atoms with Crippen molar-refractivity contribution in [1.82, 2.24) is 0 Å². The van der Waals surface area contributed by atoms with E-state index in [0.717, 1.165) is 33.7 Å². The molecule has 0 aliphatic carbocycles. The molecule has 1 aromatic carbocycles. The van der Waals surface area contributed by atoms with E-state index in [9.17, 15) is 0 Å². The SMILES string of the molecule is O=PO.[La][c]1ccccc1. The molecule has 1 aromatic rings. The summed E-state index contributed by atoms with van der Waals surface area (Å²) in [5.41, 5.74) is 0. The van der Waals surface area contributed by atoms with Gasteiger partial charge in [-0.25, -0.2) is 4.57 Å². The minimum absolute atomic E-state index is 0.833. The summed E-state index contributed by atoms with van der Waals surface area (Å²) < 4.78 is 9.95. The van der Waals surface area contributed by atoms with Gasteiger partial charge in [-0.15, -0.1) is 0 Å². The Labute approximate surface area is 83.6 Å². The second-order valence-electron chi connectivity index (χ2n) is 1.49.